The van der Waals surface area contributed by atoms with Gasteiger partial charge < -0.3 is 15.4 Å². The van der Waals surface area contributed by atoms with Gasteiger partial charge in [-0.05, 0) is 30.2 Å². The Hall–Kier alpha value is -2.82. The molecule has 0 aliphatic carbocycles. The molecular formula is C18H20N2O3. The van der Waals surface area contributed by atoms with E-state index in [1.54, 1.807) is 24.3 Å². The van der Waals surface area contributed by atoms with Crippen molar-refractivity contribution in [2.45, 2.75) is 20.0 Å². The minimum absolute atomic E-state index is 0.234. The zero-order chi connectivity index (χ0) is 16.7. The summed E-state index contributed by atoms with van der Waals surface area (Å²) in [6, 6.07) is 14.7. The van der Waals surface area contributed by atoms with E-state index in [1.807, 2.05) is 31.2 Å². The maximum atomic E-state index is 11.8. The Morgan fingerprint density at radius 3 is 1.83 bits per heavy atom. The lowest BCUT2D eigenvalue weighted by atomic mass is 10.1. The molecule has 2 rings (SSSR count). The van der Waals surface area contributed by atoms with Crippen LogP contribution >= 0.6 is 0 Å². The summed E-state index contributed by atoms with van der Waals surface area (Å²) in [5.41, 5.74) is 3.63. The fourth-order valence-corrected chi connectivity index (χ4v) is 2.01. The lowest BCUT2D eigenvalue weighted by molar-refractivity contribution is 0.0600. The molecule has 0 radical (unpaired) electrons. The Labute approximate surface area is 135 Å². The smallest absolute Gasteiger partial charge is 0.337 e. The molecule has 2 aromatic carbocycles. The first-order valence-corrected chi connectivity index (χ1v) is 7.33. The van der Waals surface area contributed by atoms with E-state index in [1.165, 1.54) is 12.7 Å². The summed E-state index contributed by atoms with van der Waals surface area (Å²) in [4.78, 5) is 23.1. The Morgan fingerprint density at radius 2 is 1.35 bits per heavy atom. The molecule has 5 nitrogen and oxygen atoms in total. The third kappa shape index (κ3) is 5.14. The van der Waals surface area contributed by atoms with Gasteiger partial charge in [0.05, 0.1) is 12.7 Å². The van der Waals surface area contributed by atoms with E-state index in [-0.39, 0.29) is 12.0 Å². The number of aryl methyl sites for hydroxylation is 1. The predicted molar refractivity (Wildman–Crippen MR) is 88.0 cm³/mol. The first-order valence-electron chi connectivity index (χ1n) is 7.33. The molecule has 0 spiro atoms. The number of urea groups is 1. The van der Waals surface area contributed by atoms with E-state index in [9.17, 15) is 9.59 Å². The highest BCUT2D eigenvalue weighted by atomic mass is 16.5. The third-order valence-corrected chi connectivity index (χ3v) is 3.40. The van der Waals surface area contributed by atoms with E-state index < -0.39 is 0 Å². The minimum Gasteiger partial charge on any atom is -0.465 e. The molecule has 5 heteroatoms. The Morgan fingerprint density at radius 1 is 0.870 bits per heavy atom. The van der Waals surface area contributed by atoms with Crippen LogP contribution in [0.3, 0.4) is 0 Å². The average Bonchev–Trinajstić information content (AvgIpc) is 2.59. The summed E-state index contributed by atoms with van der Waals surface area (Å²) >= 11 is 0. The van der Waals surface area contributed by atoms with Crippen molar-refractivity contribution < 1.29 is 14.3 Å². The molecule has 2 N–H and O–H groups in total. The second-order valence-electron chi connectivity index (χ2n) is 5.21. The van der Waals surface area contributed by atoms with Gasteiger partial charge in [0.1, 0.15) is 0 Å². The van der Waals surface area contributed by atoms with Crippen LogP contribution in [0.2, 0.25) is 0 Å². The highest BCUT2D eigenvalue weighted by Crippen LogP contribution is 2.06. The van der Waals surface area contributed by atoms with Gasteiger partial charge in [0.25, 0.3) is 0 Å². The second-order valence-corrected chi connectivity index (χ2v) is 5.21. The largest absolute Gasteiger partial charge is 0.465 e. The number of hydrogen-bond donors (Lipinski definition) is 2. The number of methoxy groups -OCH3 is 1. The van der Waals surface area contributed by atoms with Crippen LogP contribution in [0.25, 0.3) is 0 Å². The molecular weight excluding hydrogens is 292 g/mol. The monoisotopic (exact) mass is 312 g/mol. The maximum Gasteiger partial charge on any atom is 0.337 e. The van der Waals surface area contributed by atoms with E-state index in [4.69, 9.17) is 0 Å². The van der Waals surface area contributed by atoms with E-state index in [0.717, 1.165) is 11.1 Å². The zero-order valence-corrected chi connectivity index (χ0v) is 13.3. The lowest BCUT2D eigenvalue weighted by Gasteiger charge is -2.08. The number of esters is 1. The summed E-state index contributed by atoms with van der Waals surface area (Å²) < 4.78 is 4.64. The molecule has 0 heterocycles. The normalized spacial score (nSPS) is 10.0. The van der Waals surface area contributed by atoms with Crippen LogP contribution in [-0.2, 0) is 17.8 Å². The van der Waals surface area contributed by atoms with Crippen molar-refractivity contribution in [3.8, 4) is 0 Å². The van der Waals surface area contributed by atoms with Gasteiger partial charge in [-0.1, -0.05) is 42.0 Å². The molecule has 0 unspecified atom stereocenters. The van der Waals surface area contributed by atoms with Gasteiger partial charge in [-0.2, -0.15) is 0 Å². The number of amides is 2. The molecule has 0 saturated carbocycles. The van der Waals surface area contributed by atoms with Crippen LogP contribution in [-0.4, -0.2) is 19.1 Å². The highest BCUT2D eigenvalue weighted by molar-refractivity contribution is 5.89. The van der Waals surface area contributed by atoms with Gasteiger partial charge in [0.2, 0.25) is 0 Å². The fraction of sp³-hybridized carbons (Fsp3) is 0.222. The first-order chi connectivity index (χ1) is 11.1. The SMILES string of the molecule is COC(=O)c1ccc(CNC(=O)NCc2ccc(C)cc2)cc1. The summed E-state index contributed by atoms with van der Waals surface area (Å²) in [5.74, 6) is -0.375. The van der Waals surface area contributed by atoms with Gasteiger partial charge in [-0.3, -0.25) is 0 Å². The van der Waals surface area contributed by atoms with Gasteiger partial charge in [-0.25, -0.2) is 9.59 Å². The topological polar surface area (TPSA) is 67.4 Å². The van der Waals surface area contributed by atoms with Crippen LogP contribution in [0.1, 0.15) is 27.0 Å². The van der Waals surface area contributed by atoms with Crippen molar-refractivity contribution in [2.75, 3.05) is 7.11 Å². The molecule has 0 fully saturated rings. The zero-order valence-electron chi connectivity index (χ0n) is 13.3. The maximum absolute atomic E-state index is 11.8. The molecule has 0 aliphatic rings. The van der Waals surface area contributed by atoms with Crippen molar-refractivity contribution in [1.82, 2.24) is 10.6 Å². The number of ether oxygens (including phenoxy) is 1. The molecule has 23 heavy (non-hydrogen) atoms. The predicted octanol–water partition coefficient (Wildman–Crippen LogP) is 2.78. The lowest BCUT2D eigenvalue weighted by Crippen LogP contribution is -2.34. The van der Waals surface area contributed by atoms with E-state index in [2.05, 4.69) is 15.4 Å². The van der Waals surface area contributed by atoms with Crippen molar-refractivity contribution in [1.29, 1.82) is 0 Å². The van der Waals surface area contributed by atoms with E-state index in [0.29, 0.717) is 18.7 Å². The van der Waals surface area contributed by atoms with Crippen LogP contribution in [0.15, 0.2) is 48.5 Å². The number of carbonyl (C=O) groups is 2. The molecule has 0 saturated heterocycles. The third-order valence-electron chi connectivity index (χ3n) is 3.40. The standard InChI is InChI=1S/C18H20N2O3/c1-13-3-5-14(6-4-13)11-19-18(22)20-12-15-7-9-16(10-8-15)17(21)23-2/h3-10H,11-12H2,1-2H3,(H2,19,20,22). The van der Waals surface area contributed by atoms with Crippen molar-refractivity contribution in [3.63, 3.8) is 0 Å². The van der Waals surface area contributed by atoms with Crippen molar-refractivity contribution in [3.05, 3.63) is 70.8 Å². The summed E-state index contributed by atoms with van der Waals surface area (Å²) in [6.07, 6.45) is 0. The van der Waals surface area contributed by atoms with E-state index >= 15 is 0 Å². The van der Waals surface area contributed by atoms with Gasteiger partial charge >= 0.3 is 12.0 Å². The van der Waals surface area contributed by atoms with Crippen LogP contribution in [0.5, 0.6) is 0 Å². The number of benzene rings is 2. The molecule has 0 aliphatic heterocycles. The minimum atomic E-state index is -0.375. The quantitative estimate of drug-likeness (QED) is 0.834. The number of nitrogens with one attached hydrogen (secondary N) is 2. The number of carbonyl (C=O) groups excluding carboxylic acids is 2. The highest BCUT2D eigenvalue weighted by Gasteiger charge is 2.05. The summed E-state index contributed by atoms with van der Waals surface area (Å²) in [6.45, 7) is 2.89. The molecule has 0 bridgehead atoms. The average molecular weight is 312 g/mol. The number of rotatable bonds is 5. The molecule has 120 valence electrons. The summed E-state index contributed by atoms with van der Waals surface area (Å²) in [7, 11) is 1.34. The Kier molecular flexibility index (Phi) is 5.74. The molecule has 2 amide bonds. The van der Waals surface area contributed by atoms with Crippen molar-refractivity contribution >= 4 is 12.0 Å². The fourth-order valence-electron chi connectivity index (χ4n) is 2.01. The molecule has 2 aromatic rings. The first kappa shape index (κ1) is 16.5. The van der Waals surface area contributed by atoms with Gasteiger partial charge in [0.15, 0.2) is 0 Å². The van der Waals surface area contributed by atoms with Crippen molar-refractivity contribution in [2.24, 2.45) is 0 Å². The van der Waals surface area contributed by atoms with Crippen LogP contribution in [0, 0.1) is 6.92 Å². The Balaban J connectivity index is 1.77. The van der Waals surface area contributed by atoms with Crippen LogP contribution in [0.4, 0.5) is 4.79 Å². The molecule has 0 aromatic heterocycles. The second kappa shape index (κ2) is 7.98. The molecule has 0 atom stereocenters. The summed E-state index contributed by atoms with van der Waals surface area (Å²) in [5, 5.41) is 5.58. The van der Waals surface area contributed by atoms with Gasteiger partial charge in [-0.15, -0.1) is 0 Å². The van der Waals surface area contributed by atoms with Gasteiger partial charge in [0, 0.05) is 13.1 Å². The van der Waals surface area contributed by atoms with Crippen LogP contribution < -0.4 is 10.6 Å². The Bertz CT molecular complexity index is 664. The number of hydrogen-bond acceptors (Lipinski definition) is 3.